The molecule has 0 saturated heterocycles. The zero-order valence-electron chi connectivity index (χ0n) is 12.0. The molecule has 0 unspecified atom stereocenters. The van der Waals surface area contributed by atoms with Crippen molar-refractivity contribution in [3.8, 4) is 0 Å². The number of nitrogens with one attached hydrogen (secondary N) is 1. The highest BCUT2D eigenvalue weighted by atomic mass is 32.2. The molecule has 2 N–H and O–H groups in total. The zero-order valence-corrected chi connectivity index (χ0v) is 12.8. The van der Waals surface area contributed by atoms with Crippen LogP contribution in [0, 0.1) is 6.92 Å². The van der Waals surface area contributed by atoms with E-state index in [9.17, 15) is 13.2 Å². The van der Waals surface area contributed by atoms with Crippen LogP contribution in [0.5, 0.6) is 0 Å². The Balaban J connectivity index is 2.72. The molecule has 1 aromatic carbocycles. The molecule has 112 valence electrons. The number of carbonyl (C=O) groups is 1. The lowest BCUT2D eigenvalue weighted by molar-refractivity contribution is -0.137. The molecule has 0 aromatic heterocycles. The fourth-order valence-electron chi connectivity index (χ4n) is 1.95. The van der Waals surface area contributed by atoms with E-state index >= 15 is 0 Å². The Morgan fingerprint density at radius 3 is 2.55 bits per heavy atom. The molecule has 0 bridgehead atoms. The van der Waals surface area contributed by atoms with Crippen molar-refractivity contribution in [1.82, 2.24) is 4.72 Å². The van der Waals surface area contributed by atoms with E-state index in [2.05, 4.69) is 4.72 Å². The quantitative estimate of drug-likeness (QED) is 0.807. The van der Waals surface area contributed by atoms with Gasteiger partial charge in [0.1, 0.15) is 0 Å². The van der Waals surface area contributed by atoms with Gasteiger partial charge in [-0.25, -0.2) is 13.1 Å². The second-order valence-corrected chi connectivity index (χ2v) is 7.35. The van der Waals surface area contributed by atoms with Gasteiger partial charge in [-0.1, -0.05) is 29.8 Å². The van der Waals surface area contributed by atoms with E-state index in [4.69, 9.17) is 5.11 Å². The summed E-state index contributed by atoms with van der Waals surface area (Å²) in [6.45, 7) is 5.27. The Kier molecular flexibility index (Phi) is 5.30. The lowest BCUT2D eigenvalue weighted by Crippen LogP contribution is -2.44. The van der Waals surface area contributed by atoms with E-state index < -0.39 is 21.5 Å². The van der Waals surface area contributed by atoms with Gasteiger partial charge in [-0.15, -0.1) is 0 Å². The number of hydrogen-bond donors (Lipinski definition) is 2. The maximum Gasteiger partial charge on any atom is 0.303 e. The first-order chi connectivity index (χ1) is 9.10. The SMILES string of the molecule is Cc1cccc(CS(=O)(=O)NC(C)(C)CCC(=O)O)c1. The van der Waals surface area contributed by atoms with Crippen LogP contribution in [-0.4, -0.2) is 25.0 Å². The summed E-state index contributed by atoms with van der Waals surface area (Å²) < 4.78 is 26.8. The summed E-state index contributed by atoms with van der Waals surface area (Å²) in [5, 5.41) is 8.66. The van der Waals surface area contributed by atoms with Crippen LogP contribution in [-0.2, 0) is 20.6 Å². The van der Waals surface area contributed by atoms with Gasteiger partial charge in [-0.05, 0) is 32.8 Å². The molecular formula is C14H21NO4S. The number of aliphatic carboxylic acids is 1. The number of hydrogen-bond acceptors (Lipinski definition) is 3. The van der Waals surface area contributed by atoms with Gasteiger partial charge >= 0.3 is 5.97 Å². The van der Waals surface area contributed by atoms with Crippen LogP contribution in [0.3, 0.4) is 0 Å². The fourth-order valence-corrected chi connectivity index (χ4v) is 3.58. The fraction of sp³-hybridized carbons (Fsp3) is 0.500. The molecule has 0 aliphatic heterocycles. The summed E-state index contributed by atoms with van der Waals surface area (Å²) in [4.78, 5) is 10.6. The van der Waals surface area contributed by atoms with Gasteiger partial charge in [-0.2, -0.15) is 0 Å². The van der Waals surface area contributed by atoms with Crippen molar-refractivity contribution in [2.24, 2.45) is 0 Å². The number of benzene rings is 1. The summed E-state index contributed by atoms with van der Waals surface area (Å²) in [6, 6.07) is 7.30. The molecular weight excluding hydrogens is 278 g/mol. The molecule has 0 aliphatic rings. The minimum atomic E-state index is -3.50. The van der Waals surface area contributed by atoms with Crippen molar-refractivity contribution >= 4 is 16.0 Å². The number of rotatable bonds is 7. The maximum absolute atomic E-state index is 12.1. The summed E-state index contributed by atoms with van der Waals surface area (Å²) >= 11 is 0. The van der Waals surface area contributed by atoms with Gasteiger partial charge in [0.05, 0.1) is 5.75 Å². The molecule has 0 heterocycles. The molecule has 0 spiro atoms. The van der Waals surface area contributed by atoms with Gasteiger partial charge in [0.15, 0.2) is 0 Å². The van der Waals surface area contributed by atoms with Crippen molar-refractivity contribution < 1.29 is 18.3 Å². The van der Waals surface area contributed by atoms with Gasteiger partial charge in [0.2, 0.25) is 10.0 Å². The van der Waals surface area contributed by atoms with E-state index in [0.717, 1.165) is 5.56 Å². The maximum atomic E-state index is 12.1. The van der Waals surface area contributed by atoms with Crippen molar-refractivity contribution in [1.29, 1.82) is 0 Å². The molecule has 20 heavy (non-hydrogen) atoms. The van der Waals surface area contributed by atoms with Crippen LogP contribution in [0.2, 0.25) is 0 Å². The largest absolute Gasteiger partial charge is 0.481 e. The third-order valence-corrected chi connectivity index (χ3v) is 4.41. The molecule has 0 fully saturated rings. The zero-order chi connectivity index (χ0) is 15.4. The summed E-state index contributed by atoms with van der Waals surface area (Å²) in [6.07, 6.45) is 0.176. The lowest BCUT2D eigenvalue weighted by atomic mass is 10.0. The van der Waals surface area contributed by atoms with Crippen molar-refractivity contribution in [3.63, 3.8) is 0 Å². The van der Waals surface area contributed by atoms with Crippen molar-refractivity contribution in [2.45, 2.75) is 44.9 Å². The van der Waals surface area contributed by atoms with Gasteiger partial charge < -0.3 is 5.11 Å². The molecule has 1 aromatic rings. The first kappa shape index (κ1) is 16.7. The molecule has 0 radical (unpaired) electrons. The summed E-state index contributed by atoms with van der Waals surface area (Å²) in [5.74, 6) is -1.04. The Morgan fingerprint density at radius 2 is 2.00 bits per heavy atom. The number of sulfonamides is 1. The highest BCUT2D eigenvalue weighted by Crippen LogP contribution is 2.15. The van der Waals surface area contributed by atoms with Gasteiger partial charge in [0.25, 0.3) is 0 Å². The van der Waals surface area contributed by atoms with Crippen LogP contribution in [0.25, 0.3) is 0 Å². The van der Waals surface area contributed by atoms with E-state index in [1.807, 2.05) is 25.1 Å². The third kappa shape index (κ3) is 6.16. The Labute approximate surface area is 120 Å². The van der Waals surface area contributed by atoms with Crippen LogP contribution >= 0.6 is 0 Å². The predicted octanol–water partition coefficient (Wildman–Crippen LogP) is 2.06. The second kappa shape index (κ2) is 6.37. The van der Waals surface area contributed by atoms with Crippen LogP contribution in [0.4, 0.5) is 0 Å². The second-order valence-electron chi connectivity index (χ2n) is 5.63. The monoisotopic (exact) mass is 299 g/mol. The number of carboxylic acid groups (broad SMARTS) is 1. The Morgan fingerprint density at radius 1 is 1.35 bits per heavy atom. The minimum absolute atomic E-state index is 0.0695. The molecule has 5 nitrogen and oxygen atoms in total. The highest BCUT2D eigenvalue weighted by Gasteiger charge is 2.25. The summed E-state index contributed by atoms with van der Waals surface area (Å²) in [5.41, 5.74) is 0.940. The van der Waals surface area contributed by atoms with E-state index in [0.29, 0.717) is 5.56 Å². The lowest BCUT2D eigenvalue weighted by Gasteiger charge is -2.25. The minimum Gasteiger partial charge on any atom is -0.481 e. The molecule has 0 saturated carbocycles. The molecule has 0 aliphatic carbocycles. The molecule has 0 amide bonds. The predicted molar refractivity (Wildman–Crippen MR) is 77.9 cm³/mol. The van der Waals surface area contributed by atoms with Crippen molar-refractivity contribution in [3.05, 3.63) is 35.4 Å². The van der Waals surface area contributed by atoms with E-state index in [1.165, 1.54) is 0 Å². The number of aryl methyl sites for hydroxylation is 1. The van der Waals surface area contributed by atoms with Crippen LogP contribution in [0.1, 0.15) is 37.8 Å². The molecule has 6 heteroatoms. The topological polar surface area (TPSA) is 83.5 Å². The van der Waals surface area contributed by atoms with Crippen LogP contribution in [0.15, 0.2) is 24.3 Å². The van der Waals surface area contributed by atoms with E-state index in [-0.39, 0.29) is 18.6 Å². The highest BCUT2D eigenvalue weighted by molar-refractivity contribution is 7.88. The molecule has 1 rings (SSSR count). The van der Waals surface area contributed by atoms with Gasteiger partial charge in [-0.3, -0.25) is 4.79 Å². The molecule has 0 atom stereocenters. The first-order valence-electron chi connectivity index (χ1n) is 6.39. The average molecular weight is 299 g/mol. The normalized spacial score (nSPS) is 12.3. The standard InChI is InChI=1S/C14H21NO4S/c1-11-5-4-6-12(9-11)10-20(18,19)15-14(2,3)8-7-13(16)17/h4-6,9,15H,7-8,10H2,1-3H3,(H,16,17). The summed E-state index contributed by atoms with van der Waals surface area (Å²) in [7, 11) is -3.50. The average Bonchev–Trinajstić information content (AvgIpc) is 2.24. The van der Waals surface area contributed by atoms with E-state index in [1.54, 1.807) is 19.9 Å². The van der Waals surface area contributed by atoms with Crippen LogP contribution < -0.4 is 4.72 Å². The van der Waals surface area contributed by atoms with Crippen molar-refractivity contribution in [2.75, 3.05) is 0 Å². The number of carboxylic acids is 1. The Bertz CT molecular complexity index is 579. The smallest absolute Gasteiger partial charge is 0.303 e. The van der Waals surface area contributed by atoms with Gasteiger partial charge in [0, 0.05) is 12.0 Å². The first-order valence-corrected chi connectivity index (χ1v) is 8.04. The third-order valence-electron chi connectivity index (χ3n) is 2.83. The Hall–Kier alpha value is -1.40.